The fourth-order valence-electron chi connectivity index (χ4n) is 0.727. The maximum atomic E-state index is 7.36. The summed E-state index contributed by atoms with van der Waals surface area (Å²) in [5.74, 6) is 0. The van der Waals surface area contributed by atoms with Crippen LogP contribution < -0.4 is 0 Å². The van der Waals surface area contributed by atoms with Gasteiger partial charge in [-0.25, -0.2) is 0 Å². The minimum atomic E-state index is 0.490. The van der Waals surface area contributed by atoms with Crippen molar-refractivity contribution in [2.75, 3.05) is 7.11 Å². The molecule has 0 saturated carbocycles. The van der Waals surface area contributed by atoms with E-state index >= 15 is 0 Å². The molecule has 0 aromatic heterocycles. The summed E-state index contributed by atoms with van der Waals surface area (Å²) in [5.41, 5.74) is 1.30. The molecule has 0 fully saturated rings. The normalized spacial score (nSPS) is 20.1. The summed E-state index contributed by atoms with van der Waals surface area (Å²) >= 11 is 0. The minimum absolute atomic E-state index is 0.490. The predicted molar refractivity (Wildman–Crippen MR) is 41.1 cm³/mol. The van der Waals surface area contributed by atoms with Crippen LogP contribution in [0.2, 0.25) is 0 Å². The standard InChI is InChI=1S/C8H9NO/c1-10-6-7-4-2-3-5-8(7)9/h2-6,9H,1H3/b7-6-,9-8?. The highest BCUT2D eigenvalue weighted by atomic mass is 16.5. The van der Waals surface area contributed by atoms with E-state index < -0.39 is 0 Å². The van der Waals surface area contributed by atoms with E-state index in [-0.39, 0.29) is 0 Å². The third-order valence-corrected chi connectivity index (χ3v) is 1.21. The second-order valence-electron chi connectivity index (χ2n) is 1.94. The van der Waals surface area contributed by atoms with Crippen LogP contribution in [0.5, 0.6) is 0 Å². The third-order valence-electron chi connectivity index (χ3n) is 1.21. The summed E-state index contributed by atoms with van der Waals surface area (Å²) < 4.78 is 4.76. The third kappa shape index (κ3) is 1.35. The zero-order chi connectivity index (χ0) is 7.40. The summed E-state index contributed by atoms with van der Waals surface area (Å²) in [6.07, 6.45) is 8.83. The second-order valence-corrected chi connectivity index (χ2v) is 1.94. The lowest BCUT2D eigenvalue weighted by molar-refractivity contribution is 0.336. The first-order valence-electron chi connectivity index (χ1n) is 3.01. The van der Waals surface area contributed by atoms with Crippen molar-refractivity contribution < 1.29 is 4.74 Å². The lowest BCUT2D eigenvalue weighted by atomic mass is 10.1. The first-order chi connectivity index (χ1) is 4.84. The first-order valence-corrected chi connectivity index (χ1v) is 3.01. The van der Waals surface area contributed by atoms with Crippen molar-refractivity contribution in [2.24, 2.45) is 0 Å². The zero-order valence-corrected chi connectivity index (χ0v) is 5.79. The number of rotatable bonds is 1. The molecule has 0 amide bonds. The van der Waals surface area contributed by atoms with Crippen molar-refractivity contribution >= 4 is 5.71 Å². The van der Waals surface area contributed by atoms with E-state index in [0.717, 1.165) is 5.57 Å². The summed E-state index contributed by atoms with van der Waals surface area (Å²) in [7, 11) is 1.58. The van der Waals surface area contributed by atoms with E-state index in [9.17, 15) is 0 Å². The Balaban J connectivity index is 2.80. The van der Waals surface area contributed by atoms with Gasteiger partial charge in [0.25, 0.3) is 0 Å². The molecule has 0 atom stereocenters. The van der Waals surface area contributed by atoms with Crippen molar-refractivity contribution in [3.63, 3.8) is 0 Å². The van der Waals surface area contributed by atoms with Gasteiger partial charge in [-0.2, -0.15) is 0 Å². The van der Waals surface area contributed by atoms with Crippen molar-refractivity contribution in [2.45, 2.75) is 0 Å². The minimum Gasteiger partial charge on any atom is -0.504 e. The molecule has 0 bridgehead atoms. The van der Waals surface area contributed by atoms with Gasteiger partial charge in [-0.1, -0.05) is 12.2 Å². The molecule has 2 heteroatoms. The van der Waals surface area contributed by atoms with E-state index in [1.54, 1.807) is 19.4 Å². The Kier molecular flexibility index (Phi) is 2.05. The van der Waals surface area contributed by atoms with Gasteiger partial charge in [0, 0.05) is 5.57 Å². The summed E-state index contributed by atoms with van der Waals surface area (Å²) in [5, 5.41) is 7.36. The summed E-state index contributed by atoms with van der Waals surface area (Å²) in [4.78, 5) is 0. The quantitative estimate of drug-likeness (QED) is 0.545. The lowest BCUT2D eigenvalue weighted by Gasteiger charge is -2.01. The molecule has 1 aliphatic rings. The van der Waals surface area contributed by atoms with Crippen molar-refractivity contribution in [3.8, 4) is 0 Å². The number of hydrogen-bond acceptors (Lipinski definition) is 2. The topological polar surface area (TPSA) is 33.1 Å². The van der Waals surface area contributed by atoms with E-state index in [1.807, 2.05) is 18.2 Å². The summed E-state index contributed by atoms with van der Waals surface area (Å²) in [6, 6.07) is 0. The molecule has 0 radical (unpaired) electrons. The molecule has 1 N–H and O–H groups in total. The molecule has 2 nitrogen and oxygen atoms in total. The molecule has 0 unspecified atom stereocenters. The van der Waals surface area contributed by atoms with Gasteiger partial charge in [0.2, 0.25) is 0 Å². The molecular weight excluding hydrogens is 126 g/mol. The number of hydrogen-bond donors (Lipinski definition) is 1. The van der Waals surface area contributed by atoms with Gasteiger partial charge in [0.15, 0.2) is 0 Å². The van der Waals surface area contributed by atoms with Crippen LogP contribution in [0.1, 0.15) is 0 Å². The highest BCUT2D eigenvalue weighted by molar-refractivity contribution is 6.09. The second kappa shape index (κ2) is 3.01. The molecule has 0 aromatic rings. The van der Waals surface area contributed by atoms with Crippen LogP contribution in [0.3, 0.4) is 0 Å². The van der Waals surface area contributed by atoms with Gasteiger partial charge in [0.05, 0.1) is 19.1 Å². The summed E-state index contributed by atoms with van der Waals surface area (Å²) in [6.45, 7) is 0. The van der Waals surface area contributed by atoms with Crippen molar-refractivity contribution in [1.29, 1.82) is 5.41 Å². The number of allylic oxidation sites excluding steroid dienone is 5. The van der Waals surface area contributed by atoms with E-state index in [1.165, 1.54) is 0 Å². The van der Waals surface area contributed by atoms with Crippen LogP contribution in [-0.2, 0) is 4.74 Å². The molecule has 0 aliphatic heterocycles. The van der Waals surface area contributed by atoms with Crippen LogP contribution in [0, 0.1) is 5.41 Å². The van der Waals surface area contributed by atoms with Gasteiger partial charge in [0.1, 0.15) is 0 Å². The fraction of sp³-hybridized carbons (Fsp3) is 0.125. The first kappa shape index (κ1) is 6.81. The van der Waals surface area contributed by atoms with Crippen LogP contribution >= 0.6 is 0 Å². The zero-order valence-electron chi connectivity index (χ0n) is 5.79. The Labute approximate surface area is 60.0 Å². The smallest absolute Gasteiger partial charge is 0.0918 e. The Morgan fingerprint density at radius 2 is 2.10 bits per heavy atom. The fourth-order valence-corrected chi connectivity index (χ4v) is 0.727. The largest absolute Gasteiger partial charge is 0.504 e. The average molecular weight is 135 g/mol. The molecule has 0 aromatic carbocycles. The highest BCUT2D eigenvalue weighted by Gasteiger charge is 1.99. The van der Waals surface area contributed by atoms with Gasteiger partial charge in [-0.15, -0.1) is 0 Å². The number of ether oxygens (including phenoxy) is 1. The molecule has 0 spiro atoms. The van der Waals surface area contributed by atoms with Crippen molar-refractivity contribution in [3.05, 3.63) is 36.1 Å². The maximum absolute atomic E-state index is 7.36. The van der Waals surface area contributed by atoms with Gasteiger partial charge in [-0.05, 0) is 12.2 Å². The molecule has 0 saturated heterocycles. The van der Waals surface area contributed by atoms with Gasteiger partial charge < -0.3 is 10.1 Å². The van der Waals surface area contributed by atoms with Crippen LogP contribution in [0.15, 0.2) is 36.1 Å². The molecular formula is C8H9NO. The van der Waals surface area contributed by atoms with Gasteiger partial charge in [-0.3, -0.25) is 0 Å². The van der Waals surface area contributed by atoms with E-state index in [0.29, 0.717) is 5.71 Å². The predicted octanol–water partition coefficient (Wildman–Crippen LogP) is 1.66. The molecule has 1 aliphatic carbocycles. The molecule has 52 valence electrons. The van der Waals surface area contributed by atoms with Crippen LogP contribution in [-0.4, -0.2) is 12.8 Å². The maximum Gasteiger partial charge on any atom is 0.0918 e. The van der Waals surface area contributed by atoms with Crippen LogP contribution in [0.25, 0.3) is 0 Å². The molecule has 10 heavy (non-hydrogen) atoms. The Bertz CT molecular complexity index is 223. The Morgan fingerprint density at radius 1 is 1.40 bits per heavy atom. The van der Waals surface area contributed by atoms with E-state index in [4.69, 9.17) is 10.1 Å². The van der Waals surface area contributed by atoms with Crippen LogP contribution in [0.4, 0.5) is 0 Å². The number of methoxy groups -OCH3 is 1. The SMILES string of the molecule is CO/C=C1/C=CC=CC1=N. The molecule has 0 heterocycles. The Hall–Kier alpha value is -1.31. The Morgan fingerprint density at radius 3 is 2.70 bits per heavy atom. The molecule has 1 rings (SSSR count). The lowest BCUT2D eigenvalue weighted by Crippen LogP contribution is -1.97. The highest BCUT2D eigenvalue weighted by Crippen LogP contribution is 2.05. The van der Waals surface area contributed by atoms with E-state index in [2.05, 4.69) is 0 Å². The number of nitrogens with one attached hydrogen (secondary N) is 1. The van der Waals surface area contributed by atoms with Crippen molar-refractivity contribution in [1.82, 2.24) is 0 Å². The monoisotopic (exact) mass is 135 g/mol. The average Bonchev–Trinajstić information content (AvgIpc) is 1.94. The van der Waals surface area contributed by atoms with Gasteiger partial charge >= 0.3 is 0 Å².